The van der Waals surface area contributed by atoms with Crippen molar-refractivity contribution < 1.29 is 26.7 Å². The Labute approximate surface area is 197 Å². The number of carbonyl (C=O) groups is 1. The maximum absolute atomic E-state index is 14.2. The highest BCUT2D eigenvalue weighted by molar-refractivity contribution is 6.00. The molecule has 2 heterocycles. The Bertz CT molecular complexity index is 1240. The van der Waals surface area contributed by atoms with Crippen LogP contribution in [-0.4, -0.2) is 51.7 Å². The van der Waals surface area contributed by atoms with Crippen LogP contribution in [0.25, 0.3) is 10.9 Å². The zero-order valence-electron chi connectivity index (χ0n) is 18.7. The molecule has 1 saturated carbocycles. The number of carbonyl (C=O) groups excluding carboxylic acids is 1. The first-order chi connectivity index (χ1) is 16.4. The molecule has 2 aromatic heterocycles. The van der Waals surface area contributed by atoms with Gasteiger partial charge < -0.3 is 26.3 Å². The van der Waals surface area contributed by atoms with E-state index in [4.69, 9.17) is 11.5 Å². The standard InChI is InChI=1S/C22H24F5N7O/c1-33(16-6-3-8-21(23,24)17(16)28)20-30-10-13(18(29)35)19(32-20)31-14-4-2-5-15-12(14)7-9-34(15)11-22(25,26)27/h2,4-5,7,9-10,16-17H,3,6,8,11,28H2,1H3,(H2,29,35)(H,30,31,32). The van der Waals surface area contributed by atoms with Gasteiger partial charge in [0.25, 0.3) is 11.8 Å². The number of likely N-dealkylation sites (N-methyl/N-ethyl adjacent to an activating group) is 1. The molecular formula is C22H24F5N7O. The van der Waals surface area contributed by atoms with Crippen molar-refractivity contribution in [3.63, 3.8) is 0 Å². The predicted octanol–water partition coefficient (Wildman–Crippen LogP) is 3.79. The van der Waals surface area contributed by atoms with Gasteiger partial charge in [-0.1, -0.05) is 6.07 Å². The van der Waals surface area contributed by atoms with Gasteiger partial charge in [0.2, 0.25) is 5.95 Å². The lowest BCUT2D eigenvalue weighted by molar-refractivity contribution is -0.139. The van der Waals surface area contributed by atoms with Crippen LogP contribution in [0.3, 0.4) is 0 Å². The Balaban J connectivity index is 1.69. The number of halogens is 5. The molecule has 1 amide bonds. The third-order valence-electron chi connectivity index (χ3n) is 6.18. The number of nitrogens with zero attached hydrogens (tertiary/aromatic N) is 4. The number of benzene rings is 1. The maximum atomic E-state index is 14.2. The molecule has 3 aromatic rings. The summed E-state index contributed by atoms with van der Waals surface area (Å²) in [6, 6.07) is 4.02. The highest BCUT2D eigenvalue weighted by Gasteiger charge is 2.46. The molecule has 2 unspecified atom stereocenters. The number of rotatable bonds is 6. The number of aromatic nitrogens is 3. The monoisotopic (exact) mass is 497 g/mol. The first kappa shape index (κ1) is 24.6. The highest BCUT2D eigenvalue weighted by atomic mass is 19.4. The molecule has 0 aliphatic heterocycles. The van der Waals surface area contributed by atoms with Crippen LogP contribution in [0.1, 0.15) is 29.6 Å². The number of alkyl halides is 5. The van der Waals surface area contributed by atoms with Crippen LogP contribution in [0, 0.1) is 0 Å². The van der Waals surface area contributed by atoms with E-state index in [1.807, 2.05) is 0 Å². The van der Waals surface area contributed by atoms with Gasteiger partial charge in [-0.3, -0.25) is 4.79 Å². The first-order valence-electron chi connectivity index (χ1n) is 10.8. The third-order valence-corrected chi connectivity index (χ3v) is 6.18. The van der Waals surface area contributed by atoms with Crippen molar-refractivity contribution in [2.75, 3.05) is 17.3 Å². The smallest absolute Gasteiger partial charge is 0.365 e. The molecule has 1 fully saturated rings. The third kappa shape index (κ3) is 4.99. The highest BCUT2D eigenvalue weighted by Crippen LogP contribution is 2.36. The second-order valence-electron chi connectivity index (χ2n) is 8.58. The average molecular weight is 497 g/mol. The molecule has 1 aliphatic rings. The van der Waals surface area contributed by atoms with Gasteiger partial charge in [-0.05, 0) is 31.0 Å². The lowest BCUT2D eigenvalue weighted by atomic mass is 9.87. The number of amides is 1. The van der Waals surface area contributed by atoms with Crippen molar-refractivity contribution in [1.29, 1.82) is 0 Å². The maximum Gasteiger partial charge on any atom is 0.406 e. The van der Waals surface area contributed by atoms with Crippen LogP contribution in [-0.2, 0) is 6.54 Å². The molecule has 1 aliphatic carbocycles. The molecule has 0 radical (unpaired) electrons. The van der Waals surface area contributed by atoms with E-state index < -0.39 is 36.6 Å². The van der Waals surface area contributed by atoms with Gasteiger partial charge >= 0.3 is 6.18 Å². The van der Waals surface area contributed by atoms with E-state index in [0.717, 1.165) is 4.57 Å². The minimum Gasteiger partial charge on any atom is -0.365 e. The first-order valence-corrected chi connectivity index (χ1v) is 10.8. The summed E-state index contributed by atoms with van der Waals surface area (Å²) in [4.78, 5) is 21.9. The van der Waals surface area contributed by atoms with Crippen molar-refractivity contribution in [3.05, 3.63) is 42.2 Å². The van der Waals surface area contributed by atoms with Gasteiger partial charge in [0, 0.05) is 36.9 Å². The number of anilines is 3. The zero-order valence-corrected chi connectivity index (χ0v) is 18.7. The summed E-state index contributed by atoms with van der Waals surface area (Å²) in [5.74, 6) is -3.85. The van der Waals surface area contributed by atoms with E-state index in [0.29, 0.717) is 23.0 Å². The number of hydrogen-bond donors (Lipinski definition) is 3. The van der Waals surface area contributed by atoms with Gasteiger partial charge in [0.15, 0.2) is 0 Å². The minimum atomic E-state index is -4.41. The van der Waals surface area contributed by atoms with Crippen molar-refractivity contribution in [2.24, 2.45) is 11.5 Å². The normalized spacial score (nSPS) is 20.1. The molecule has 8 nitrogen and oxygen atoms in total. The fourth-order valence-corrected chi connectivity index (χ4v) is 4.37. The van der Waals surface area contributed by atoms with Crippen LogP contribution in [0.2, 0.25) is 0 Å². The van der Waals surface area contributed by atoms with Gasteiger partial charge in [-0.25, -0.2) is 13.8 Å². The topological polar surface area (TPSA) is 115 Å². The van der Waals surface area contributed by atoms with Crippen molar-refractivity contribution in [3.8, 4) is 0 Å². The average Bonchev–Trinajstić information content (AvgIpc) is 3.17. The fourth-order valence-electron chi connectivity index (χ4n) is 4.37. The predicted molar refractivity (Wildman–Crippen MR) is 121 cm³/mol. The van der Waals surface area contributed by atoms with Gasteiger partial charge in [-0.2, -0.15) is 18.2 Å². The van der Waals surface area contributed by atoms with E-state index in [1.54, 1.807) is 12.1 Å². The number of fused-ring (bicyclic) bond motifs is 1. The van der Waals surface area contributed by atoms with Crippen LogP contribution >= 0.6 is 0 Å². The minimum absolute atomic E-state index is 0.0124. The molecule has 5 N–H and O–H groups in total. The Morgan fingerprint density at radius 2 is 2.06 bits per heavy atom. The van der Waals surface area contributed by atoms with E-state index in [9.17, 15) is 26.7 Å². The number of primary amides is 1. The molecular weight excluding hydrogens is 473 g/mol. The molecule has 0 spiro atoms. The largest absolute Gasteiger partial charge is 0.406 e. The summed E-state index contributed by atoms with van der Waals surface area (Å²) in [5.41, 5.74) is 11.9. The van der Waals surface area contributed by atoms with E-state index in [2.05, 4.69) is 15.3 Å². The Morgan fingerprint density at radius 1 is 1.31 bits per heavy atom. The van der Waals surface area contributed by atoms with Gasteiger partial charge in [-0.15, -0.1) is 0 Å². The molecule has 4 rings (SSSR count). The van der Waals surface area contributed by atoms with Gasteiger partial charge in [0.05, 0.1) is 17.6 Å². The fraction of sp³-hybridized carbons (Fsp3) is 0.409. The second-order valence-corrected chi connectivity index (χ2v) is 8.58. The van der Waals surface area contributed by atoms with E-state index >= 15 is 0 Å². The summed E-state index contributed by atoms with van der Waals surface area (Å²) in [6.07, 6.45) is -1.55. The molecule has 1 aromatic carbocycles. The number of hydrogen-bond acceptors (Lipinski definition) is 6. The van der Waals surface area contributed by atoms with Crippen LogP contribution < -0.4 is 21.7 Å². The summed E-state index contributed by atoms with van der Waals surface area (Å²) < 4.78 is 68.2. The summed E-state index contributed by atoms with van der Waals surface area (Å²) in [5, 5.41) is 3.40. The molecule has 0 saturated heterocycles. The van der Waals surface area contributed by atoms with E-state index in [1.165, 1.54) is 36.5 Å². The van der Waals surface area contributed by atoms with Crippen LogP contribution in [0.4, 0.5) is 39.4 Å². The van der Waals surface area contributed by atoms with E-state index in [-0.39, 0.29) is 30.2 Å². The summed E-state index contributed by atoms with van der Waals surface area (Å²) in [6.45, 7) is -1.17. The second kappa shape index (κ2) is 8.95. The lowest BCUT2D eigenvalue weighted by Crippen LogP contribution is -2.58. The molecule has 2 atom stereocenters. The lowest BCUT2D eigenvalue weighted by Gasteiger charge is -2.40. The number of nitrogens with one attached hydrogen (secondary N) is 1. The quantitative estimate of drug-likeness (QED) is 0.447. The molecule has 0 bridgehead atoms. The molecule has 35 heavy (non-hydrogen) atoms. The number of nitrogens with two attached hydrogens (primary N) is 2. The summed E-state index contributed by atoms with van der Waals surface area (Å²) in [7, 11) is 1.53. The molecule has 188 valence electrons. The van der Waals surface area contributed by atoms with Crippen molar-refractivity contribution in [2.45, 2.75) is 50.0 Å². The molecule has 13 heteroatoms. The van der Waals surface area contributed by atoms with Crippen molar-refractivity contribution >= 4 is 34.3 Å². The van der Waals surface area contributed by atoms with Crippen LogP contribution in [0.5, 0.6) is 0 Å². The van der Waals surface area contributed by atoms with Crippen molar-refractivity contribution in [1.82, 2.24) is 14.5 Å². The van der Waals surface area contributed by atoms with Crippen LogP contribution in [0.15, 0.2) is 36.7 Å². The Hall–Kier alpha value is -3.48. The zero-order chi connectivity index (χ0) is 25.5. The Kier molecular flexibility index (Phi) is 6.30. The van der Waals surface area contributed by atoms with Gasteiger partial charge in [0.1, 0.15) is 17.9 Å². The SMILES string of the molecule is CN(c1ncc(C(N)=O)c(Nc2cccc3c2ccn3CC(F)(F)F)n1)C1CCCC(F)(F)C1N. The Morgan fingerprint density at radius 3 is 2.74 bits per heavy atom. The summed E-state index contributed by atoms with van der Waals surface area (Å²) >= 11 is 0.